The van der Waals surface area contributed by atoms with Crippen LogP contribution < -0.4 is 0 Å². The molecule has 6 heteroatoms. The summed E-state index contributed by atoms with van der Waals surface area (Å²) in [6.45, 7) is 10.1. The van der Waals surface area contributed by atoms with Gasteiger partial charge in [0.05, 0.1) is 6.61 Å². The molecule has 2 atom stereocenters. The Morgan fingerprint density at radius 2 is 1.73 bits per heavy atom. The third-order valence-electron chi connectivity index (χ3n) is 8.71. The second-order valence-corrected chi connectivity index (χ2v) is 10.9. The fraction of sp³-hybridized carbons (Fsp3) is 0.704. The molecule has 4 aliphatic heterocycles. The topological polar surface area (TPSA) is 53.1 Å². The summed E-state index contributed by atoms with van der Waals surface area (Å²) in [4.78, 5) is 32.2. The zero-order chi connectivity index (χ0) is 23.2. The molecule has 0 aliphatic carbocycles. The van der Waals surface area contributed by atoms with Crippen molar-refractivity contribution >= 4 is 12.0 Å². The standard InChI is InChI=1S/C27H39N3O3/c1-4-33-26(32)30-21-9-10-22(30)16-23(15-21)28-13-11-27(12-14-28)18-29(25(31)19(2)3)17-20-7-5-6-8-24(20)27/h5-8,19,21-23H,4,9-18H2,1-3H3. The lowest BCUT2D eigenvalue weighted by Gasteiger charge is -2.51. The van der Waals surface area contributed by atoms with Gasteiger partial charge in [-0.1, -0.05) is 38.1 Å². The van der Waals surface area contributed by atoms with Gasteiger partial charge in [0.1, 0.15) is 0 Å². The third kappa shape index (κ3) is 4.05. The Bertz CT molecular complexity index is 878. The molecule has 0 N–H and O–H groups in total. The molecule has 3 saturated heterocycles. The van der Waals surface area contributed by atoms with Crippen molar-refractivity contribution in [1.29, 1.82) is 0 Å². The monoisotopic (exact) mass is 453 g/mol. The predicted molar refractivity (Wildman–Crippen MR) is 128 cm³/mol. The molecule has 3 fully saturated rings. The van der Waals surface area contributed by atoms with Gasteiger partial charge in [-0.2, -0.15) is 0 Å². The minimum atomic E-state index is -0.116. The number of ether oxygens (including phenoxy) is 1. The lowest BCUT2D eigenvalue weighted by Crippen LogP contribution is -2.58. The zero-order valence-corrected chi connectivity index (χ0v) is 20.5. The highest BCUT2D eigenvalue weighted by atomic mass is 16.6. The van der Waals surface area contributed by atoms with Crippen LogP contribution in [0.3, 0.4) is 0 Å². The average Bonchev–Trinajstić information content (AvgIpc) is 3.08. The Morgan fingerprint density at radius 1 is 1.06 bits per heavy atom. The van der Waals surface area contributed by atoms with Crippen LogP contribution in [0, 0.1) is 5.92 Å². The van der Waals surface area contributed by atoms with Crippen molar-refractivity contribution < 1.29 is 14.3 Å². The average molecular weight is 454 g/mol. The van der Waals surface area contributed by atoms with Gasteiger partial charge in [-0.15, -0.1) is 0 Å². The van der Waals surface area contributed by atoms with E-state index in [-0.39, 0.29) is 23.3 Å². The normalized spacial score (nSPS) is 28.8. The van der Waals surface area contributed by atoms with Crippen LogP contribution in [0.4, 0.5) is 4.79 Å². The van der Waals surface area contributed by atoms with Gasteiger partial charge in [-0.25, -0.2) is 4.79 Å². The largest absolute Gasteiger partial charge is 0.450 e. The maximum absolute atomic E-state index is 12.9. The fourth-order valence-electron chi connectivity index (χ4n) is 7.10. The molecule has 0 radical (unpaired) electrons. The third-order valence-corrected chi connectivity index (χ3v) is 8.71. The van der Waals surface area contributed by atoms with E-state index in [2.05, 4.69) is 34.1 Å². The number of likely N-dealkylation sites (tertiary alicyclic amines) is 1. The van der Waals surface area contributed by atoms with Gasteiger partial charge in [0.25, 0.3) is 0 Å². The van der Waals surface area contributed by atoms with Gasteiger partial charge in [0.2, 0.25) is 5.91 Å². The molecule has 5 rings (SSSR count). The molecule has 0 saturated carbocycles. The lowest BCUT2D eigenvalue weighted by molar-refractivity contribution is -0.137. The van der Waals surface area contributed by atoms with Gasteiger partial charge in [-0.3, -0.25) is 4.79 Å². The molecule has 2 unspecified atom stereocenters. The molecule has 2 amide bonds. The number of nitrogens with zero attached hydrogens (tertiary/aromatic N) is 3. The fourth-order valence-corrected chi connectivity index (χ4v) is 7.10. The highest BCUT2D eigenvalue weighted by molar-refractivity contribution is 5.78. The second kappa shape index (κ2) is 8.94. The molecule has 33 heavy (non-hydrogen) atoms. The summed E-state index contributed by atoms with van der Waals surface area (Å²) in [5.74, 6) is 0.307. The van der Waals surface area contributed by atoms with Crippen LogP contribution in [0.2, 0.25) is 0 Å². The molecule has 0 aromatic heterocycles. The number of carbonyl (C=O) groups is 2. The number of amides is 2. The van der Waals surface area contributed by atoms with E-state index in [1.807, 2.05) is 25.7 Å². The number of hydrogen-bond donors (Lipinski definition) is 0. The zero-order valence-electron chi connectivity index (χ0n) is 20.5. The molecular formula is C27H39N3O3. The molecule has 2 bridgehead atoms. The summed E-state index contributed by atoms with van der Waals surface area (Å²) in [7, 11) is 0. The van der Waals surface area contributed by atoms with E-state index in [4.69, 9.17) is 4.74 Å². The van der Waals surface area contributed by atoms with Crippen molar-refractivity contribution in [2.24, 2.45) is 5.92 Å². The molecule has 1 aromatic rings. The predicted octanol–water partition coefficient (Wildman–Crippen LogP) is 4.17. The SMILES string of the molecule is CCOC(=O)N1C2CCC1CC(N1CCC3(CC1)CN(C(=O)C(C)C)Cc1ccccc13)C2. The van der Waals surface area contributed by atoms with Crippen LogP contribution in [0.5, 0.6) is 0 Å². The van der Waals surface area contributed by atoms with Crippen molar-refractivity contribution in [3.05, 3.63) is 35.4 Å². The van der Waals surface area contributed by atoms with E-state index in [1.54, 1.807) is 0 Å². The van der Waals surface area contributed by atoms with Crippen LogP contribution in [-0.2, 0) is 21.5 Å². The Hall–Kier alpha value is -2.08. The van der Waals surface area contributed by atoms with Crippen molar-refractivity contribution in [3.63, 3.8) is 0 Å². The number of benzene rings is 1. The molecule has 4 heterocycles. The van der Waals surface area contributed by atoms with Crippen LogP contribution in [0.1, 0.15) is 70.4 Å². The highest BCUT2D eigenvalue weighted by Crippen LogP contribution is 2.44. The highest BCUT2D eigenvalue weighted by Gasteiger charge is 2.48. The van der Waals surface area contributed by atoms with Crippen LogP contribution >= 0.6 is 0 Å². The lowest BCUT2D eigenvalue weighted by atomic mass is 9.68. The van der Waals surface area contributed by atoms with E-state index in [0.29, 0.717) is 24.7 Å². The molecule has 4 aliphatic rings. The molecular weight excluding hydrogens is 414 g/mol. The number of rotatable bonds is 3. The van der Waals surface area contributed by atoms with Crippen molar-refractivity contribution in [3.8, 4) is 0 Å². The Balaban J connectivity index is 1.29. The second-order valence-electron chi connectivity index (χ2n) is 10.9. The summed E-state index contributed by atoms with van der Waals surface area (Å²) in [6, 6.07) is 10.0. The van der Waals surface area contributed by atoms with E-state index < -0.39 is 0 Å². The molecule has 180 valence electrons. The van der Waals surface area contributed by atoms with Gasteiger partial charge in [-0.05, 0) is 69.7 Å². The van der Waals surface area contributed by atoms with Crippen molar-refractivity contribution in [2.75, 3.05) is 26.2 Å². The maximum Gasteiger partial charge on any atom is 0.410 e. The first-order chi connectivity index (χ1) is 15.9. The van der Waals surface area contributed by atoms with Crippen LogP contribution in [0.15, 0.2) is 24.3 Å². The molecule has 1 aromatic carbocycles. The Labute approximate surface area is 198 Å². The Morgan fingerprint density at radius 3 is 2.36 bits per heavy atom. The first kappa shape index (κ1) is 22.7. The first-order valence-electron chi connectivity index (χ1n) is 13.0. The van der Waals surface area contributed by atoms with E-state index >= 15 is 0 Å². The van der Waals surface area contributed by atoms with E-state index in [9.17, 15) is 9.59 Å². The molecule has 1 spiro atoms. The van der Waals surface area contributed by atoms with Gasteiger partial charge in [0.15, 0.2) is 0 Å². The summed E-state index contributed by atoms with van der Waals surface area (Å²) < 4.78 is 5.34. The summed E-state index contributed by atoms with van der Waals surface area (Å²) in [5, 5.41) is 0. The minimum Gasteiger partial charge on any atom is -0.450 e. The smallest absolute Gasteiger partial charge is 0.410 e. The van der Waals surface area contributed by atoms with Gasteiger partial charge in [0, 0.05) is 42.5 Å². The number of fused-ring (bicyclic) bond motifs is 4. The van der Waals surface area contributed by atoms with Crippen molar-refractivity contribution in [1.82, 2.24) is 14.7 Å². The maximum atomic E-state index is 12.9. The van der Waals surface area contributed by atoms with E-state index in [1.165, 1.54) is 11.1 Å². The minimum absolute atomic E-state index is 0.0347. The van der Waals surface area contributed by atoms with Crippen molar-refractivity contribution in [2.45, 2.75) is 89.4 Å². The first-order valence-corrected chi connectivity index (χ1v) is 13.0. The Kier molecular flexibility index (Phi) is 6.15. The van der Waals surface area contributed by atoms with E-state index in [0.717, 1.165) is 64.7 Å². The number of piperidine rings is 2. The molecule has 6 nitrogen and oxygen atoms in total. The number of carbonyl (C=O) groups excluding carboxylic acids is 2. The quantitative estimate of drug-likeness (QED) is 0.689. The summed E-state index contributed by atoms with van der Waals surface area (Å²) in [6.07, 6.45) is 6.43. The van der Waals surface area contributed by atoms with Crippen LogP contribution in [0.25, 0.3) is 0 Å². The van der Waals surface area contributed by atoms with Gasteiger partial charge >= 0.3 is 6.09 Å². The van der Waals surface area contributed by atoms with Crippen LogP contribution in [-0.4, -0.2) is 71.1 Å². The van der Waals surface area contributed by atoms with Gasteiger partial charge < -0.3 is 19.4 Å². The summed E-state index contributed by atoms with van der Waals surface area (Å²) >= 11 is 0. The number of hydrogen-bond acceptors (Lipinski definition) is 4. The summed E-state index contributed by atoms with van der Waals surface area (Å²) in [5.41, 5.74) is 2.86.